The molecule has 0 aliphatic carbocycles. The van der Waals surface area contributed by atoms with Crippen molar-refractivity contribution in [3.05, 3.63) is 54.1 Å². The van der Waals surface area contributed by atoms with Gasteiger partial charge < -0.3 is 9.30 Å². The highest BCUT2D eigenvalue weighted by atomic mass is 16.5. The first-order valence-corrected chi connectivity index (χ1v) is 10.3. The fourth-order valence-corrected chi connectivity index (χ4v) is 4.64. The van der Waals surface area contributed by atoms with Crippen LogP contribution in [0.2, 0.25) is 0 Å². The molecule has 2 fully saturated rings. The van der Waals surface area contributed by atoms with E-state index in [1.54, 1.807) is 0 Å². The molecule has 0 radical (unpaired) electrons. The van der Waals surface area contributed by atoms with Crippen molar-refractivity contribution in [3.8, 4) is 0 Å². The van der Waals surface area contributed by atoms with E-state index in [4.69, 9.17) is 4.74 Å². The number of likely N-dealkylation sites (tertiary alicyclic amines) is 1. The number of ether oxygens (including phenoxy) is 1. The standard InChI is InChI=1S/C22H32N4O/c1-18-13-24(14-19(2)27-18)16-21-9-6-11-25(21)17-22-23-10-12-26(22)15-20-7-4-3-5-8-20/h3-5,7-8,10,12,18-19,21H,6,9,11,13-17H2,1-2H3. The monoisotopic (exact) mass is 368 g/mol. The average molecular weight is 369 g/mol. The molecule has 1 aromatic heterocycles. The maximum atomic E-state index is 5.90. The van der Waals surface area contributed by atoms with Crippen LogP contribution in [0.5, 0.6) is 0 Å². The summed E-state index contributed by atoms with van der Waals surface area (Å²) >= 11 is 0. The fourth-order valence-electron chi connectivity index (χ4n) is 4.64. The Morgan fingerprint density at radius 1 is 1.07 bits per heavy atom. The van der Waals surface area contributed by atoms with E-state index in [-0.39, 0.29) is 0 Å². The van der Waals surface area contributed by atoms with Crippen LogP contribution in [0.4, 0.5) is 0 Å². The Morgan fingerprint density at radius 2 is 1.85 bits per heavy atom. The average Bonchev–Trinajstić information content (AvgIpc) is 3.25. The van der Waals surface area contributed by atoms with E-state index < -0.39 is 0 Å². The zero-order chi connectivity index (χ0) is 18.6. The van der Waals surface area contributed by atoms with Crippen molar-refractivity contribution in [1.82, 2.24) is 19.4 Å². The molecule has 146 valence electrons. The number of morpholine rings is 1. The lowest BCUT2D eigenvalue weighted by Gasteiger charge is -2.38. The van der Waals surface area contributed by atoms with E-state index in [0.717, 1.165) is 32.7 Å². The Hall–Kier alpha value is -1.69. The molecule has 3 atom stereocenters. The van der Waals surface area contributed by atoms with Gasteiger partial charge in [0.2, 0.25) is 0 Å². The van der Waals surface area contributed by atoms with Gasteiger partial charge in [0.1, 0.15) is 5.82 Å². The maximum absolute atomic E-state index is 5.90. The van der Waals surface area contributed by atoms with Crippen molar-refractivity contribution >= 4 is 0 Å². The predicted octanol–water partition coefficient (Wildman–Crippen LogP) is 3.01. The van der Waals surface area contributed by atoms with Gasteiger partial charge in [-0.15, -0.1) is 0 Å². The second-order valence-corrected chi connectivity index (χ2v) is 8.20. The molecule has 27 heavy (non-hydrogen) atoms. The first kappa shape index (κ1) is 18.7. The van der Waals surface area contributed by atoms with Gasteiger partial charge in [0.05, 0.1) is 18.8 Å². The third kappa shape index (κ3) is 4.78. The molecule has 3 unspecified atom stereocenters. The van der Waals surface area contributed by atoms with E-state index in [1.807, 2.05) is 6.20 Å². The largest absolute Gasteiger partial charge is 0.373 e. The Labute approximate surface area is 162 Å². The normalized spacial score (nSPS) is 27.3. The van der Waals surface area contributed by atoms with Gasteiger partial charge in [-0.05, 0) is 38.8 Å². The molecule has 0 bridgehead atoms. The first-order valence-electron chi connectivity index (χ1n) is 10.3. The maximum Gasteiger partial charge on any atom is 0.123 e. The Morgan fingerprint density at radius 3 is 2.63 bits per heavy atom. The van der Waals surface area contributed by atoms with Crippen molar-refractivity contribution in [3.63, 3.8) is 0 Å². The van der Waals surface area contributed by atoms with Gasteiger partial charge >= 0.3 is 0 Å². The second kappa shape index (κ2) is 8.55. The highest BCUT2D eigenvalue weighted by molar-refractivity contribution is 5.15. The minimum atomic E-state index is 0.341. The SMILES string of the molecule is CC1CN(CC2CCCN2Cc2nccn2Cc2ccccc2)CC(C)O1. The minimum Gasteiger partial charge on any atom is -0.373 e. The van der Waals surface area contributed by atoms with Crippen LogP contribution in [0.25, 0.3) is 0 Å². The van der Waals surface area contributed by atoms with Crippen LogP contribution in [0.15, 0.2) is 42.7 Å². The number of nitrogens with zero attached hydrogens (tertiary/aromatic N) is 4. The highest BCUT2D eigenvalue weighted by Gasteiger charge is 2.30. The number of hydrogen-bond donors (Lipinski definition) is 0. The van der Waals surface area contributed by atoms with Crippen molar-refractivity contribution in [2.75, 3.05) is 26.2 Å². The van der Waals surface area contributed by atoms with E-state index >= 15 is 0 Å². The molecule has 0 amide bonds. The third-order valence-corrected chi connectivity index (χ3v) is 5.81. The second-order valence-electron chi connectivity index (χ2n) is 8.20. The summed E-state index contributed by atoms with van der Waals surface area (Å²) in [5.41, 5.74) is 1.33. The molecule has 3 heterocycles. The van der Waals surface area contributed by atoms with Gasteiger partial charge in [-0.3, -0.25) is 9.80 Å². The van der Waals surface area contributed by atoms with E-state index in [1.165, 1.54) is 30.8 Å². The number of hydrogen-bond acceptors (Lipinski definition) is 4. The Bertz CT molecular complexity index is 706. The van der Waals surface area contributed by atoms with Gasteiger partial charge in [-0.1, -0.05) is 30.3 Å². The lowest BCUT2D eigenvalue weighted by Crippen LogP contribution is -2.50. The van der Waals surface area contributed by atoms with Crippen molar-refractivity contribution in [2.45, 2.75) is 58.0 Å². The molecule has 0 N–H and O–H groups in total. The summed E-state index contributed by atoms with van der Waals surface area (Å²) in [5.74, 6) is 1.18. The molecule has 0 spiro atoms. The Balaban J connectivity index is 1.38. The number of rotatable bonds is 6. The third-order valence-electron chi connectivity index (χ3n) is 5.81. The van der Waals surface area contributed by atoms with Gasteiger partial charge in [-0.2, -0.15) is 0 Å². The number of benzene rings is 1. The van der Waals surface area contributed by atoms with E-state index in [0.29, 0.717) is 18.2 Å². The number of aromatic nitrogens is 2. The van der Waals surface area contributed by atoms with Crippen LogP contribution in [-0.4, -0.2) is 63.8 Å². The van der Waals surface area contributed by atoms with E-state index in [9.17, 15) is 0 Å². The van der Waals surface area contributed by atoms with Crippen LogP contribution in [0.1, 0.15) is 38.1 Å². The smallest absolute Gasteiger partial charge is 0.123 e. The minimum absolute atomic E-state index is 0.341. The van der Waals surface area contributed by atoms with E-state index in [2.05, 4.69) is 69.7 Å². The van der Waals surface area contributed by atoms with Crippen LogP contribution in [0.3, 0.4) is 0 Å². The van der Waals surface area contributed by atoms with Crippen molar-refractivity contribution < 1.29 is 4.74 Å². The van der Waals surface area contributed by atoms with Crippen molar-refractivity contribution in [1.29, 1.82) is 0 Å². The molecule has 5 heteroatoms. The van der Waals surface area contributed by atoms with Crippen LogP contribution >= 0.6 is 0 Å². The van der Waals surface area contributed by atoms with Crippen LogP contribution in [0, 0.1) is 0 Å². The molecule has 0 saturated carbocycles. The first-order chi connectivity index (χ1) is 13.2. The molecule has 2 aliphatic rings. The molecule has 1 aromatic carbocycles. The molecule has 2 aliphatic heterocycles. The zero-order valence-electron chi connectivity index (χ0n) is 16.6. The molecule has 5 nitrogen and oxygen atoms in total. The van der Waals surface area contributed by atoms with Crippen molar-refractivity contribution in [2.24, 2.45) is 0 Å². The summed E-state index contributed by atoms with van der Waals surface area (Å²) in [4.78, 5) is 9.90. The fraction of sp³-hybridized carbons (Fsp3) is 0.591. The summed E-state index contributed by atoms with van der Waals surface area (Å²) in [5, 5.41) is 0. The highest BCUT2D eigenvalue weighted by Crippen LogP contribution is 2.22. The topological polar surface area (TPSA) is 33.5 Å². The molecule has 4 rings (SSSR count). The zero-order valence-corrected chi connectivity index (χ0v) is 16.6. The molecule has 2 aromatic rings. The summed E-state index contributed by atoms with van der Waals surface area (Å²) in [6, 6.07) is 11.3. The van der Waals surface area contributed by atoms with Gasteiger partial charge in [-0.25, -0.2) is 4.98 Å². The number of imidazole rings is 1. The molecular weight excluding hydrogens is 336 g/mol. The lowest BCUT2D eigenvalue weighted by atomic mass is 10.1. The van der Waals surface area contributed by atoms with Gasteiger partial charge in [0, 0.05) is 44.6 Å². The predicted molar refractivity (Wildman–Crippen MR) is 108 cm³/mol. The quantitative estimate of drug-likeness (QED) is 0.785. The molecule has 2 saturated heterocycles. The van der Waals surface area contributed by atoms with Crippen LogP contribution < -0.4 is 0 Å². The van der Waals surface area contributed by atoms with Gasteiger partial charge in [0.25, 0.3) is 0 Å². The summed E-state index contributed by atoms with van der Waals surface area (Å²) < 4.78 is 8.19. The Kier molecular flexibility index (Phi) is 5.91. The molecular formula is C22H32N4O. The van der Waals surface area contributed by atoms with Gasteiger partial charge in [0.15, 0.2) is 0 Å². The van der Waals surface area contributed by atoms with Crippen LogP contribution in [-0.2, 0) is 17.8 Å². The summed E-state index contributed by atoms with van der Waals surface area (Å²) in [6.07, 6.45) is 7.31. The summed E-state index contributed by atoms with van der Waals surface area (Å²) in [7, 11) is 0. The summed E-state index contributed by atoms with van der Waals surface area (Å²) in [6.45, 7) is 10.7. The lowest BCUT2D eigenvalue weighted by molar-refractivity contribution is -0.0725.